The standard InChI is InChI=1S/C60H70/c1-15-33-60(14,59(12,13)38-39(3)23-17-18-24-43(7)49-27-21-19-25-44(49)8)57-37-56-55(36-48(57)30-29-42(6)41(5)16-2)54-35-40(4)34-53(46(54)10)52-32-31-51(47(11)58(52)56)50-28-22-20-26-45(50)9/h15-29,31-36,57H,30,37-38H2,1-14H3/b18-17-,33-15?,39-23-,41-16-,42-29-,43-24+. The largest absolute Gasteiger partial charge is 0.0911 e. The highest BCUT2D eigenvalue weighted by molar-refractivity contribution is 6.06. The summed E-state index contributed by atoms with van der Waals surface area (Å²) in [6.07, 6.45) is 24.2. The van der Waals surface area contributed by atoms with Crippen LogP contribution in [-0.4, -0.2) is 0 Å². The van der Waals surface area contributed by atoms with Crippen LogP contribution in [0.2, 0.25) is 0 Å². The first-order chi connectivity index (χ1) is 28.5. The molecular weight excluding hydrogens is 721 g/mol. The summed E-state index contributed by atoms with van der Waals surface area (Å²) in [6.45, 7) is 32.5. The summed E-state index contributed by atoms with van der Waals surface area (Å²) in [5.41, 5.74) is 25.9. The second kappa shape index (κ2) is 18.2. The van der Waals surface area contributed by atoms with Crippen molar-refractivity contribution in [3.8, 4) is 22.3 Å². The SMILES string of the molecule is CC=CC(C)(C1CC2=C(C=C1C/C=C(C)\C(C)=C/C)c1cc(C)cc(c1C)-c1ccc(-c3ccccc3C)c(C)c12)C(C)(C)C\C(C)=C/C=C\C=C(/C)c1ccccc1C. The molecule has 4 aromatic carbocycles. The quantitative estimate of drug-likeness (QED) is 0.0990. The molecule has 0 radical (unpaired) electrons. The summed E-state index contributed by atoms with van der Waals surface area (Å²) in [7, 11) is 0. The lowest BCUT2D eigenvalue weighted by molar-refractivity contribution is 0.0884. The van der Waals surface area contributed by atoms with Crippen molar-refractivity contribution < 1.29 is 0 Å². The molecule has 6 rings (SSSR count). The van der Waals surface area contributed by atoms with E-state index in [1.807, 2.05) is 0 Å². The maximum absolute atomic E-state index is 2.64. The van der Waals surface area contributed by atoms with Crippen LogP contribution in [0.25, 0.3) is 39.0 Å². The van der Waals surface area contributed by atoms with Gasteiger partial charge in [0.2, 0.25) is 0 Å². The van der Waals surface area contributed by atoms with Gasteiger partial charge in [0.25, 0.3) is 0 Å². The van der Waals surface area contributed by atoms with E-state index in [9.17, 15) is 0 Å². The van der Waals surface area contributed by atoms with E-state index in [0.717, 1.165) is 19.3 Å². The zero-order valence-electron chi connectivity index (χ0n) is 39.3. The predicted octanol–water partition coefficient (Wildman–Crippen LogP) is 17.6. The van der Waals surface area contributed by atoms with Gasteiger partial charge in [-0.25, -0.2) is 0 Å². The number of hydrogen-bond acceptors (Lipinski definition) is 0. The van der Waals surface area contributed by atoms with Crippen molar-refractivity contribution in [2.75, 3.05) is 0 Å². The van der Waals surface area contributed by atoms with Crippen molar-refractivity contribution in [3.63, 3.8) is 0 Å². The Morgan fingerprint density at radius 2 is 1.33 bits per heavy atom. The number of hydrogen-bond donors (Lipinski definition) is 0. The first-order valence-corrected chi connectivity index (χ1v) is 22.3. The number of aryl methyl sites for hydroxylation is 3. The molecule has 2 unspecified atom stereocenters. The fraction of sp³-hybridized carbons (Fsp3) is 0.333. The Morgan fingerprint density at radius 3 is 2.02 bits per heavy atom. The number of rotatable bonds is 12. The van der Waals surface area contributed by atoms with Gasteiger partial charge in [-0.3, -0.25) is 0 Å². The van der Waals surface area contributed by atoms with E-state index in [2.05, 4.69) is 224 Å². The highest BCUT2D eigenvalue weighted by Crippen LogP contribution is 2.59. The lowest BCUT2D eigenvalue weighted by Gasteiger charge is -2.50. The minimum absolute atomic E-state index is 0.0592. The second-order valence-corrected chi connectivity index (χ2v) is 18.8. The molecule has 0 saturated heterocycles. The van der Waals surface area contributed by atoms with Crippen molar-refractivity contribution >= 4 is 16.7 Å². The lowest BCUT2D eigenvalue weighted by atomic mass is 9.53. The molecular formula is C60H70. The Kier molecular flexibility index (Phi) is 13.4. The molecule has 0 nitrogen and oxygen atoms in total. The zero-order valence-corrected chi connectivity index (χ0v) is 39.3. The average Bonchev–Trinajstić information content (AvgIpc) is 3.26. The van der Waals surface area contributed by atoms with E-state index >= 15 is 0 Å². The van der Waals surface area contributed by atoms with Gasteiger partial charge in [0.15, 0.2) is 0 Å². The van der Waals surface area contributed by atoms with Crippen LogP contribution in [0.15, 0.2) is 150 Å². The fourth-order valence-corrected chi connectivity index (χ4v) is 10.3. The highest BCUT2D eigenvalue weighted by atomic mass is 14.5. The first-order valence-electron chi connectivity index (χ1n) is 22.3. The molecule has 0 heterocycles. The van der Waals surface area contributed by atoms with E-state index in [-0.39, 0.29) is 16.7 Å². The van der Waals surface area contributed by atoms with Crippen molar-refractivity contribution in [3.05, 3.63) is 194 Å². The molecule has 60 heavy (non-hydrogen) atoms. The van der Waals surface area contributed by atoms with Crippen LogP contribution in [0.4, 0.5) is 0 Å². The molecule has 0 saturated carbocycles. The van der Waals surface area contributed by atoms with Crippen molar-refractivity contribution in [2.45, 2.75) is 116 Å². The molecule has 0 spiro atoms. The summed E-state index contributed by atoms with van der Waals surface area (Å²) in [5.74, 6) is 0.285. The monoisotopic (exact) mass is 791 g/mol. The van der Waals surface area contributed by atoms with Crippen LogP contribution in [0.3, 0.4) is 0 Å². The fourth-order valence-electron chi connectivity index (χ4n) is 10.3. The van der Waals surface area contributed by atoms with Gasteiger partial charge in [0.05, 0.1) is 0 Å². The molecule has 2 bridgehead atoms. The van der Waals surface area contributed by atoms with Crippen molar-refractivity contribution in [1.29, 1.82) is 0 Å². The Morgan fingerprint density at radius 1 is 0.683 bits per heavy atom. The summed E-state index contributed by atoms with van der Waals surface area (Å²) < 4.78 is 0. The smallest absolute Gasteiger partial charge is 0.00236 e. The van der Waals surface area contributed by atoms with Crippen LogP contribution in [0, 0.1) is 51.4 Å². The van der Waals surface area contributed by atoms with Crippen LogP contribution < -0.4 is 0 Å². The zero-order chi connectivity index (χ0) is 43.5. The van der Waals surface area contributed by atoms with Gasteiger partial charge in [-0.05, 0) is 196 Å². The molecule has 4 aromatic rings. The van der Waals surface area contributed by atoms with Crippen molar-refractivity contribution in [1.82, 2.24) is 0 Å². The lowest BCUT2D eigenvalue weighted by Crippen LogP contribution is -2.42. The molecule has 0 aromatic heterocycles. The predicted molar refractivity (Wildman–Crippen MR) is 266 cm³/mol. The summed E-state index contributed by atoms with van der Waals surface area (Å²) >= 11 is 0. The molecule has 2 atom stereocenters. The van der Waals surface area contributed by atoms with E-state index < -0.39 is 0 Å². The minimum atomic E-state index is -0.152. The number of allylic oxidation sites excluding steroid dienone is 16. The van der Waals surface area contributed by atoms with E-state index in [1.165, 1.54) is 106 Å². The van der Waals surface area contributed by atoms with E-state index in [4.69, 9.17) is 0 Å². The highest BCUT2D eigenvalue weighted by Gasteiger charge is 2.48. The van der Waals surface area contributed by atoms with E-state index in [1.54, 1.807) is 0 Å². The maximum atomic E-state index is 2.64. The molecule has 2 aliphatic rings. The van der Waals surface area contributed by atoms with Gasteiger partial charge >= 0.3 is 0 Å². The van der Waals surface area contributed by atoms with Gasteiger partial charge in [0, 0.05) is 0 Å². The van der Waals surface area contributed by atoms with Crippen LogP contribution in [0.1, 0.15) is 126 Å². The van der Waals surface area contributed by atoms with Gasteiger partial charge in [-0.1, -0.05) is 171 Å². The molecule has 0 aliphatic heterocycles. The Bertz CT molecular complexity index is 2540. The van der Waals surface area contributed by atoms with Gasteiger partial charge in [-0.2, -0.15) is 0 Å². The Labute approximate surface area is 364 Å². The molecule has 2 aliphatic carbocycles. The van der Waals surface area contributed by atoms with Gasteiger partial charge in [0.1, 0.15) is 0 Å². The third-order valence-corrected chi connectivity index (χ3v) is 14.4. The molecule has 0 N–H and O–H groups in total. The van der Waals surface area contributed by atoms with Crippen LogP contribution in [0.5, 0.6) is 0 Å². The Hall–Kier alpha value is -5.20. The maximum Gasteiger partial charge on any atom is -0.00236 e. The third kappa shape index (κ3) is 8.67. The normalized spacial score (nSPS) is 17.5. The molecule has 0 fully saturated rings. The topological polar surface area (TPSA) is 0 Å². The Balaban J connectivity index is 1.51. The third-order valence-electron chi connectivity index (χ3n) is 14.4. The number of fused-ring (bicyclic) bond motifs is 6. The van der Waals surface area contributed by atoms with Gasteiger partial charge < -0.3 is 0 Å². The molecule has 310 valence electrons. The van der Waals surface area contributed by atoms with Gasteiger partial charge in [-0.15, -0.1) is 0 Å². The molecule has 0 amide bonds. The second-order valence-electron chi connectivity index (χ2n) is 18.8. The summed E-state index contributed by atoms with van der Waals surface area (Å²) in [5, 5.41) is 0. The molecule has 0 heteroatoms. The number of benzene rings is 4. The first kappa shape index (κ1) is 44.4. The summed E-state index contributed by atoms with van der Waals surface area (Å²) in [6, 6.07) is 27.2. The van der Waals surface area contributed by atoms with Crippen LogP contribution >= 0.6 is 0 Å². The minimum Gasteiger partial charge on any atom is -0.0911 e. The summed E-state index contributed by atoms with van der Waals surface area (Å²) in [4.78, 5) is 0. The average molecular weight is 791 g/mol. The van der Waals surface area contributed by atoms with E-state index in [0.29, 0.717) is 0 Å². The van der Waals surface area contributed by atoms with Crippen LogP contribution in [-0.2, 0) is 0 Å². The van der Waals surface area contributed by atoms with Crippen molar-refractivity contribution in [2.24, 2.45) is 16.7 Å².